The van der Waals surface area contributed by atoms with Crippen molar-refractivity contribution in [3.8, 4) is 5.88 Å². The van der Waals surface area contributed by atoms with Crippen LogP contribution in [0.1, 0.15) is 12.5 Å². The Kier molecular flexibility index (Phi) is 3.45. The number of hydrogen-bond donors (Lipinski definition) is 0. The van der Waals surface area contributed by atoms with Crippen LogP contribution in [0.15, 0.2) is 42.6 Å². The molecule has 2 aromatic rings. The quantitative estimate of drug-likeness (QED) is 0.802. The maximum Gasteiger partial charge on any atom is 0.250 e. The van der Waals surface area contributed by atoms with Crippen LogP contribution in [-0.2, 0) is 16.0 Å². The summed E-state index contributed by atoms with van der Waals surface area (Å²) in [6.07, 6.45) is 2.17. The molecule has 0 aliphatic carbocycles. The second-order valence-electron chi connectivity index (χ2n) is 5.90. The number of anilines is 2. The van der Waals surface area contributed by atoms with E-state index in [2.05, 4.69) is 4.98 Å². The molecule has 0 spiro atoms. The van der Waals surface area contributed by atoms with E-state index in [0.29, 0.717) is 31.1 Å². The molecule has 0 unspecified atom stereocenters. The first-order valence-electron chi connectivity index (χ1n) is 7.93. The number of benzene rings is 1. The number of ether oxygens (including phenoxy) is 1. The van der Waals surface area contributed by atoms with E-state index in [1.54, 1.807) is 22.1 Å². The van der Waals surface area contributed by atoms with Gasteiger partial charge in [0.1, 0.15) is 18.3 Å². The summed E-state index contributed by atoms with van der Waals surface area (Å²) < 4.78 is 5.52. The Morgan fingerprint density at radius 1 is 1.17 bits per heavy atom. The lowest BCUT2D eigenvalue weighted by Crippen LogP contribution is -2.51. The van der Waals surface area contributed by atoms with E-state index >= 15 is 0 Å². The van der Waals surface area contributed by atoms with Gasteiger partial charge in [-0.3, -0.25) is 14.5 Å². The molecule has 2 amide bonds. The lowest BCUT2D eigenvalue weighted by atomic mass is 10.1. The Morgan fingerprint density at radius 3 is 2.79 bits per heavy atom. The highest BCUT2D eigenvalue weighted by Gasteiger charge is 2.40. The predicted octanol–water partition coefficient (Wildman–Crippen LogP) is 1.78. The highest BCUT2D eigenvalue weighted by atomic mass is 16.5. The Morgan fingerprint density at radius 2 is 1.96 bits per heavy atom. The van der Waals surface area contributed by atoms with Gasteiger partial charge in [0.05, 0.1) is 6.54 Å². The van der Waals surface area contributed by atoms with Gasteiger partial charge in [-0.2, -0.15) is 0 Å². The Bertz CT molecular complexity index is 821. The van der Waals surface area contributed by atoms with Crippen LogP contribution in [0.4, 0.5) is 11.4 Å². The van der Waals surface area contributed by atoms with Gasteiger partial charge in [0, 0.05) is 25.2 Å². The number of amides is 2. The van der Waals surface area contributed by atoms with Crippen molar-refractivity contribution in [1.82, 2.24) is 4.98 Å². The van der Waals surface area contributed by atoms with E-state index in [1.807, 2.05) is 30.3 Å². The average Bonchev–Trinajstić information content (AvgIpc) is 3.00. The monoisotopic (exact) mass is 323 g/mol. The number of pyridine rings is 1. The smallest absolute Gasteiger partial charge is 0.250 e. The van der Waals surface area contributed by atoms with Crippen LogP contribution in [0, 0.1) is 0 Å². The Hall–Kier alpha value is -2.89. The van der Waals surface area contributed by atoms with E-state index < -0.39 is 6.04 Å². The van der Waals surface area contributed by atoms with Crippen LogP contribution in [0.2, 0.25) is 0 Å². The molecule has 6 nitrogen and oxygen atoms in total. The molecule has 6 heteroatoms. The fourth-order valence-electron chi connectivity index (χ4n) is 3.43. The van der Waals surface area contributed by atoms with Gasteiger partial charge in [-0.15, -0.1) is 0 Å². The molecule has 0 saturated carbocycles. The molecule has 0 fully saturated rings. The van der Waals surface area contributed by atoms with Crippen molar-refractivity contribution < 1.29 is 14.3 Å². The minimum Gasteiger partial charge on any atom is -0.474 e. The summed E-state index contributed by atoms with van der Waals surface area (Å²) in [6, 6.07) is 10.7. The molecular formula is C18H17N3O3. The molecule has 0 saturated heterocycles. The molecule has 1 aromatic heterocycles. The third-order valence-electron chi connectivity index (χ3n) is 4.46. The molecule has 122 valence electrons. The molecule has 24 heavy (non-hydrogen) atoms. The van der Waals surface area contributed by atoms with Gasteiger partial charge in [-0.1, -0.05) is 18.2 Å². The summed E-state index contributed by atoms with van der Waals surface area (Å²) in [4.78, 5) is 32.8. The van der Waals surface area contributed by atoms with Crippen molar-refractivity contribution in [2.75, 3.05) is 23.0 Å². The van der Waals surface area contributed by atoms with E-state index in [-0.39, 0.29) is 11.8 Å². The normalized spacial score (nSPS) is 18.6. The van der Waals surface area contributed by atoms with Crippen molar-refractivity contribution in [3.63, 3.8) is 0 Å². The number of carbonyl (C=O) groups excluding carboxylic acids is 2. The molecule has 1 aromatic carbocycles. The summed E-state index contributed by atoms with van der Waals surface area (Å²) in [5, 5.41) is 0. The molecule has 2 aliphatic heterocycles. The molecule has 4 rings (SSSR count). The fraction of sp³-hybridized carbons (Fsp3) is 0.278. The second-order valence-corrected chi connectivity index (χ2v) is 5.90. The number of aromatic nitrogens is 1. The standard InChI is InChI=1S/C18H17N3O3/c1-12(22)21-14-6-3-2-5-13(14)11-16(21)18(23)20-9-10-24-17-15(20)7-4-8-19-17/h2-8,16H,9-11H2,1H3/t16-/m0/s1. The van der Waals surface area contributed by atoms with E-state index in [9.17, 15) is 9.59 Å². The van der Waals surface area contributed by atoms with Crippen molar-refractivity contribution >= 4 is 23.2 Å². The first kappa shape index (κ1) is 14.7. The largest absolute Gasteiger partial charge is 0.474 e. The number of para-hydroxylation sites is 1. The number of carbonyl (C=O) groups is 2. The first-order chi connectivity index (χ1) is 11.7. The van der Waals surface area contributed by atoms with Gasteiger partial charge in [0.15, 0.2) is 0 Å². The highest BCUT2D eigenvalue weighted by Crippen LogP contribution is 2.35. The average molecular weight is 323 g/mol. The topological polar surface area (TPSA) is 62.7 Å². The molecule has 0 bridgehead atoms. The van der Waals surface area contributed by atoms with E-state index in [4.69, 9.17) is 4.74 Å². The zero-order chi connectivity index (χ0) is 16.7. The molecule has 2 aliphatic rings. The number of nitrogens with zero attached hydrogens (tertiary/aromatic N) is 3. The third-order valence-corrected chi connectivity index (χ3v) is 4.46. The first-order valence-corrected chi connectivity index (χ1v) is 7.93. The molecule has 0 N–H and O–H groups in total. The Balaban J connectivity index is 1.70. The van der Waals surface area contributed by atoms with Crippen LogP contribution in [0.5, 0.6) is 5.88 Å². The van der Waals surface area contributed by atoms with Gasteiger partial charge in [-0.05, 0) is 23.8 Å². The van der Waals surface area contributed by atoms with Crippen molar-refractivity contribution in [1.29, 1.82) is 0 Å². The summed E-state index contributed by atoms with van der Waals surface area (Å²) in [6.45, 7) is 2.35. The van der Waals surface area contributed by atoms with Crippen LogP contribution in [-0.4, -0.2) is 36.0 Å². The molecule has 3 heterocycles. The zero-order valence-electron chi connectivity index (χ0n) is 13.3. The van der Waals surface area contributed by atoms with Gasteiger partial charge >= 0.3 is 0 Å². The number of rotatable bonds is 1. The molecule has 1 atom stereocenters. The minimum atomic E-state index is -0.522. The van der Waals surface area contributed by atoms with Crippen molar-refractivity contribution in [2.45, 2.75) is 19.4 Å². The molecule has 0 radical (unpaired) electrons. The summed E-state index contributed by atoms with van der Waals surface area (Å²) in [5.74, 6) is 0.235. The van der Waals surface area contributed by atoms with Crippen LogP contribution < -0.4 is 14.5 Å². The highest BCUT2D eigenvalue weighted by molar-refractivity contribution is 6.08. The van der Waals surface area contributed by atoms with Crippen LogP contribution in [0.25, 0.3) is 0 Å². The lowest BCUT2D eigenvalue weighted by Gasteiger charge is -2.33. The maximum absolute atomic E-state index is 13.2. The van der Waals surface area contributed by atoms with Crippen LogP contribution >= 0.6 is 0 Å². The van der Waals surface area contributed by atoms with Crippen LogP contribution in [0.3, 0.4) is 0 Å². The summed E-state index contributed by atoms with van der Waals surface area (Å²) >= 11 is 0. The van der Waals surface area contributed by atoms with Gasteiger partial charge in [0.25, 0.3) is 5.91 Å². The SMILES string of the molecule is CC(=O)N1c2ccccc2C[C@H]1C(=O)N1CCOc2ncccc21. The maximum atomic E-state index is 13.2. The number of fused-ring (bicyclic) bond motifs is 2. The van der Waals surface area contributed by atoms with Gasteiger partial charge in [0.2, 0.25) is 11.8 Å². The fourth-order valence-corrected chi connectivity index (χ4v) is 3.43. The van der Waals surface area contributed by atoms with E-state index in [0.717, 1.165) is 11.3 Å². The predicted molar refractivity (Wildman–Crippen MR) is 89.2 cm³/mol. The van der Waals surface area contributed by atoms with E-state index in [1.165, 1.54) is 6.92 Å². The Labute approximate surface area is 139 Å². The lowest BCUT2D eigenvalue weighted by molar-refractivity contribution is -0.123. The van der Waals surface area contributed by atoms with Gasteiger partial charge < -0.3 is 9.64 Å². The number of hydrogen-bond acceptors (Lipinski definition) is 4. The summed E-state index contributed by atoms with van der Waals surface area (Å²) in [5.41, 5.74) is 2.50. The van der Waals surface area contributed by atoms with Gasteiger partial charge in [-0.25, -0.2) is 4.98 Å². The second kappa shape index (κ2) is 5.63. The third kappa shape index (κ3) is 2.22. The van der Waals surface area contributed by atoms with Crippen molar-refractivity contribution in [2.24, 2.45) is 0 Å². The zero-order valence-corrected chi connectivity index (χ0v) is 13.3. The minimum absolute atomic E-state index is 0.0982. The molecular weight excluding hydrogens is 306 g/mol. The summed E-state index contributed by atoms with van der Waals surface area (Å²) in [7, 11) is 0. The van der Waals surface area contributed by atoms with Crippen molar-refractivity contribution in [3.05, 3.63) is 48.2 Å².